The maximum absolute atomic E-state index is 12.4. The van der Waals surface area contributed by atoms with Crippen molar-refractivity contribution in [2.24, 2.45) is 5.92 Å². The molecule has 1 saturated heterocycles. The van der Waals surface area contributed by atoms with Gasteiger partial charge in [0.15, 0.2) is 11.5 Å². The van der Waals surface area contributed by atoms with Crippen molar-refractivity contribution in [3.8, 4) is 11.5 Å². The molecule has 8 heteroatoms. The van der Waals surface area contributed by atoms with E-state index in [1.807, 2.05) is 0 Å². The molecule has 0 radical (unpaired) electrons. The zero-order valence-corrected chi connectivity index (χ0v) is 14.6. The molecule has 0 saturated carbocycles. The summed E-state index contributed by atoms with van der Waals surface area (Å²) >= 11 is 0. The van der Waals surface area contributed by atoms with Crippen LogP contribution in [0.25, 0.3) is 0 Å². The van der Waals surface area contributed by atoms with Gasteiger partial charge in [-0.2, -0.15) is 0 Å². The van der Waals surface area contributed by atoms with Gasteiger partial charge in [0.05, 0.1) is 16.7 Å². The van der Waals surface area contributed by atoms with Gasteiger partial charge in [0, 0.05) is 36.2 Å². The highest BCUT2D eigenvalue weighted by atomic mass is 32.2. The Morgan fingerprint density at radius 1 is 1.24 bits per heavy atom. The molecule has 136 valence electrons. The average molecular weight is 367 g/mol. The second-order valence-corrected chi connectivity index (χ2v) is 7.69. The molecule has 0 aromatic heterocycles. The van der Waals surface area contributed by atoms with Crippen LogP contribution in [0.3, 0.4) is 0 Å². The number of amides is 1. The van der Waals surface area contributed by atoms with E-state index in [0.29, 0.717) is 49.0 Å². The van der Waals surface area contributed by atoms with Gasteiger partial charge in [0.2, 0.25) is 5.91 Å². The SMILES string of the molecule is O=C(O)C1CCCN(C(=O)CCS(=O)c2ccc3c(c2)OCCO3)C1. The third kappa shape index (κ3) is 4.31. The Kier molecular flexibility index (Phi) is 5.57. The largest absolute Gasteiger partial charge is 0.486 e. The standard InChI is InChI=1S/C17H21NO6S/c19-16(18-6-1-2-12(11-18)17(20)21)5-9-25(22)13-3-4-14-15(10-13)24-8-7-23-14/h3-4,10,12H,1-2,5-9,11H2,(H,20,21). The summed E-state index contributed by atoms with van der Waals surface area (Å²) in [7, 11) is -1.32. The summed E-state index contributed by atoms with van der Waals surface area (Å²) in [6, 6.07) is 5.14. The van der Waals surface area contributed by atoms with E-state index in [9.17, 15) is 13.8 Å². The van der Waals surface area contributed by atoms with Gasteiger partial charge >= 0.3 is 5.97 Å². The highest BCUT2D eigenvalue weighted by Crippen LogP contribution is 2.31. The Bertz CT molecular complexity index is 692. The molecule has 1 fully saturated rings. The minimum Gasteiger partial charge on any atom is -0.486 e. The van der Waals surface area contributed by atoms with Crippen LogP contribution in [0.4, 0.5) is 0 Å². The molecule has 0 bridgehead atoms. The number of rotatable bonds is 5. The summed E-state index contributed by atoms with van der Waals surface area (Å²) in [5.74, 6) is -0.0951. The third-order valence-corrected chi connectivity index (χ3v) is 5.76. The Morgan fingerprint density at radius 2 is 2.00 bits per heavy atom. The number of carbonyl (C=O) groups excluding carboxylic acids is 1. The average Bonchev–Trinajstić information content (AvgIpc) is 2.65. The molecule has 1 aromatic carbocycles. The van der Waals surface area contributed by atoms with E-state index in [1.54, 1.807) is 23.1 Å². The molecule has 2 atom stereocenters. The van der Waals surface area contributed by atoms with Crippen LogP contribution in [0.1, 0.15) is 19.3 Å². The van der Waals surface area contributed by atoms with Crippen LogP contribution in [-0.2, 0) is 20.4 Å². The molecule has 2 aliphatic rings. The summed E-state index contributed by atoms with van der Waals surface area (Å²) < 4.78 is 23.4. The molecule has 3 rings (SSSR count). The molecular formula is C17H21NO6S. The van der Waals surface area contributed by atoms with Crippen LogP contribution in [0.5, 0.6) is 11.5 Å². The first-order valence-electron chi connectivity index (χ1n) is 8.33. The van der Waals surface area contributed by atoms with Crippen molar-refractivity contribution in [3.63, 3.8) is 0 Å². The molecular weight excluding hydrogens is 346 g/mol. The molecule has 2 aliphatic heterocycles. The smallest absolute Gasteiger partial charge is 0.308 e. The first-order valence-corrected chi connectivity index (χ1v) is 9.65. The fourth-order valence-electron chi connectivity index (χ4n) is 3.03. The zero-order valence-electron chi connectivity index (χ0n) is 13.8. The van der Waals surface area contributed by atoms with E-state index in [-0.39, 0.29) is 24.6 Å². The second kappa shape index (κ2) is 7.86. The molecule has 0 spiro atoms. The number of likely N-dealkylation sites (tertiary alicyclic amines) is 1. The molecule has 0 aliphatic carbocycles. The predicted octanol–water partition coefficient (Wildman–Crippen LogP) is 1.28. The number of hydrogen-bond acceptors (Lipinski definition) is 5. The molecule has 1 amide bonds. The normalized spacial score (nSPS) is 20.8. The van der Waals surface area contributed by atoms with Gasteiger partial charge in [0.25, 0.3) is 0 Å². The van der Waals surface area contributed by atoms with Crippen molar-refractivity contribution in [3.05, 3.63) is 18.2 Å². The van der Waals surface area contributed by atoms with Crippen LogP contribution in [0.15, 0.2) is 23.1 Å². The molecule has 7 nitrogen and oxygen atoms in total. The maximum Gasteiger partial charge on any atom is 0.308 e. The first-order chi connectivity index (χ1) is 12.0. The van der Waals surface area contributed by atoms with Crippen molar-refractivity contribution in [1.82, 2.24) is 4.90 Å². The minimum absolute atomic E-state index is 0.132. The molecule has 1 N–H and O–H groups in total. The van der Waals surface area contributed by atoms with Crippen LogP contribution < -0.4 is 9.47 Å². The minimum atomic E-state index is -1.32. The van der Waals surface area contributed by atoms with Gasteiger partial charge in [-0.25, -0.2) is 0 Å². The predicted molar refractivity (Wildman–Crippen MR) is 90.3 cm³/mol. The van der Waals surface area contributed by atoms with E-state index < -0.39 is 22.7 Å². The van der Waals surface area contributed by atoms with Crippen LogP contribution in [0, 0.1) is 5.92 Å². The topological polar surface area (TPSA) is 93.1 Å². The maximum atomic E-state index is 12.4. The number of hydrogen-bond donors (Lipinski definition) is 1. The number of nitrogens with zero attached hydrogens (tertiary/aromatic N) is 1. The van der Waals surface area contributed by atoms with Crippen molar-refractivity contribution in [2.75, 3.05) is 32.1 Å². The Morgan fingerprint density at radius 3 is 2.76 bits per heavy atom. The van der Waals surface area contributed by atoms with Crippen molar-refractivity contribution < 1.29 is 28.4 Å². The lowest BCUT2D eigenvalue weighted by molar-refractivity contribution is -0.145. The van der Waals surface area contributed by atoms with E-state index in [2.05, 4.69) is 0 Å². The summed E-state index contributed by atoms with van der Waals surface area (Å²) in [5, 5.41) is 9.09. The van der Waals surface area contributed by atoms with Crippen molar-refractivity contribution >= 4 is 22.7 Å². The first kappa shape index (κ1) is 17.7. The van der Waals surface area contributed by atoms with E-state index >= 15 is 0 Å². The van der Waals surface area contributed by atoms with Gasteiger partial charge in [0.1, 0.15) is 13.2 Å². The van der Waals surface area contributed by atoms with Crippen LogP contribution in [-0.4, -0.2) is 58.1 Å². The van der Waals surface area contributed by atoms with Crippen LogP contribution >= 0.6 is 0 Å². The Hall–Kier alpha value is -2.09. The van der Waals surface area contributed by atoms with Crippen LogP contribution in [0.2, 0.25) is 0 Å². The van der Waals surface area contributed by atoms with Gasteiger partial charge in [-0.05, 0) is 25.0 Å². The Balaban J connectivity index is 1.55. The van der Waals surface area contributed by atoms with Gasteiger partial charge in [-0.15, -0.1) is 0 Å². The summed E-state index contributed by atoms with van der Waals surface area (Å²) in [6.07, 6.45) is 1.42. The fourth-order valence-corrected chi connectivity index (χ4v) is 4.08. The number of aliphatic carboxylic acids is 1. The molecule has 2 heterocycles. The second-order valence-electron chi connectivity index (χ2n) is 6.12. The molecule has 1 aromatic rings. The van der Waals surface area contributed by atoms with E-state index in [0.717, 1.165) is 0 Å². The number of benzene rings is 1. The molecule has 25 heavy (non-hydrogen) atoms. The lowest BCUT2D eigenvalue weighted by atomic mass is 9.98. The van der Waals surface area contributed by atoms with Gasteiger partial charge in [-0.1, -0.05) is 0 Å². The van der Waals surface area contributed by atoms with Crippen molar-refractivity contribution in [1.29, 1.82) is 0 Å². The lowest BCUT2D eigenvalue weighted by Crippen LogP contribution is -2.42. The number of carbonyl (C=O) groups is 2. The number of ether oxygens (including phenoxy) is 2. The Labute approximate surface area is 148 Å². The highest BCUT2D eigenvalue weighted by molar-refractivity contribution is 7.85. The zero-order chi connectivity index (χ0) is 17.8. The summed E-state index contributed by atoms with van der Waals surface area (Å²) in [5.41, 5.74) is 0. The highest BCUT2D eigenvalue weighted by Gasteiger charge is 2.28. The van der Waals surface area contributed by atoms with E-state index in [4.69, 9.17) is 14.6 Å². The van der Waals surface area contributed by atoms with Gasteiger partial charge < -0.3 is 19.5 Å². The third-order valence-electron chi connectivity index (χ3n) is 4.40. The fraction of sp³-hybridized carbons (Fsp3) is 0.529. The summed E-state index contributed by atoms with van der Waals surface area (Å²) in [4.78, 5) is 25.5. The number of carboxylic acids is 1. The quantitative estimate of drug-likeness (QED) is 0.843. The lowest BCUT2D eigenvalue weighted by Gasteiger charge is -2.30. The number of carboxylic acid groups (broad SMARTS) is 1. The summed E-state index contributed by atoms with van der Waals surface area (Å²) in [6.45, 7) is 1.77. The van der Waals surface area contributed by atoms with E-state index in [1.165, 1.54) is 0 Å². The van der Waals surface area contributed by atoms with Crippen molar-refractivity contribution in [2.45, 2.75) is 24.2 Å². The number of fused-ring (bicyclic) bond motifs is 1. The number of piperidine rings is 1. The molecule has 2 unspecified atom stereocenters. The van der Waals surface area contributed by atoms with Gasteiger partial charge in [-0.3, -0.25) is 13.8 Å². The monoisotopic (exact) mass is 367 g/mol.